The number of amides is 1. The Morgan fingerprint density at radius 3 is 2.79 bits per heavy atom. The van der Waals surface area contributed by atoms with Crippen molar-refractivity contribution in [2.45, 2.75) is 6.92 Å². The summed E-state index contributed by atoms with van der Waals surface area (Å²) in [7, 11) is 0. The second-order valence-electron chi connectivity index (χ2n) is 3.28. The number of rotatable bonds is 4. The van der Waals surface area contributed by atoms with Crippen molar-refractivity contribution in [3.05, 3.63) is 34.5 Å². The second-order valence-corrected chi connectivity index (χ2v) is 4.14. The molecule has 0 saturated heterocycles. The molecule has 0 aromatic carbocycles. The first kappa shape index (κ1) is 13.1. The van der Waals surface area contributed by atoms with E-state index in [9.17, 15) is 9.59 Å². The zero-order valence-corrected chi connectivity index (χ0v) is 10.8. The monoisotopic (exact) mass is 278 g/mol. The van der Waals surface area contributed by atoms with Gasteiger partial charge in [-0.1, -0.05) is 0 Å². The molecule has 0 radical (unpaired) electrons. The molecule has 0 aliphatic rings. The predicted molar refractivity (Wildman–Crippen MR) is 68.1 cm³/mol. The van der Waals surface area contributed by atoms with Crippen LogP contribution in [0.4, 0.5) is 5.95 Å². The number of thiazole rings is 1. The molecule has 0 saturated carbocycles. The van der Waals surface area contributed by atoms with Crippen LogP contribution in [0.25, 0.3) is 0 Å². The molecule has 19 heavy (non-hydrogen) atoms. The Bertz CT molecular complexity index is 585. The second kappa shape index (κ2) is 6.01. The lowest BCUT2D eigenvalue weighted by Crippen LogP contribution is -2.15. The van der Waals surface area contributed by atoms with Gasteiger partial charge in [-0.15, -0.1) is 11.3 Å². The molecule has 98 valence electrons. The Morgan fingerprint density at radius 1 is 1.37 bits per heavy atom. The van der Waals surface area contributed by atoms with Crippen LogP contribution in [0.15, 0.2) is 23.8 Å². The van der Waals surface area contributed by atoms with E-state index in [0.717, 1.165) is 11.3 Å². The lowest BCUT2D eigenvalue weighted by molar-refractivity contribution is 0.0526. The summed E-state index contributed by atoms with van der Waals surface area (Å²) in [6.45, 7) is 1.96. The maximum Gasteiger partial charge on any atom is 0.367 e. The largest absolute Gasteiger partial charge is 0.461 e. The molecule has 2 rings (SSSR count). The van der Waals surface area contributed by atoms with Gasteiger partial charge in [0.2, 0.25) is 11.0 Å². The molecule has 0 fully saturated rings. The third kappa shape index (κ3) is 3.32. The number of aromatic nitrogens is 3. The fourth-order valence-corrected chi connectivity index (χ4v) is 1.88. The minimum absolute atomic E-state index is 0.125. The number of nitrogens with one attached hydrogen (secondary N) is 1. The molecule has 2 aromatic heterocycles. The van der Waals surface area contributed by atoms with Crippen LogP contribution in [0.1, 0.15) is 27.2 Å². The van der Waals surface area contributed by atoms with Crippen LogP contribution >= 0.6 is 11.3 Å². The number of hydrogen-bond donors (Lipinski definition) is 1. The molecule has 1 amide bonds. The van der Waals surface area contributed by atoms with Gasteiger partial charge in [0.05, 0.1) is 6.61 Å². The Hall–Kier alpha value is -2.35. The topological polar surface area (TPSA) is 94.1 Å². The van der Waals surface area contributed by atoms with Crippen LogP contribution in [0.5, 0.6) is 0 Å². The standard InChI is InChI=1S/C11H10N4O3S/c1-2-18-10(17)9-14-7(6-19-9)8(16)15-11-12-4-3-5-13-11/h3-6H,2H2,1H3,(H,12,13,15,16). The van der Waals surface area contributed by atoms with E-state index in [0.29, 0.717) is 0 Å². The van der Waals surface area contributed by atoms with Gasteiger partial charge in [0.25, 0.3) is 5.91 Å². The van der Waals surface area contributed by atoms with Crippen molar-refractivity contribution in [2.24, 2.45) is 0 Å². The predicted octanol–water partition coefficient (Wildman–Crippen LogP) is 1.36. The van der Waals surface area contributed by atoms with Crippen LogP contribution in [-0.2, 0) is 4.74 Å². The number of carbonyl (C=O) groups is 2. The van der Waals surface area contributed by atoms with Crippen LogP contribution in [-0.4, -0.2) is 33.4 Å². The molecular weight excluding hydrogens is 268 g/mol. The quantitative estimate of drug-likeness (QED) is 0.849. The lowest BCUT2D eigenvalue weighted by Gasteiger charge is -1.99. The van der Waals surface area contributed by atoms with Gasteiger partial charge in [-0.25, -0.2) is 19.7 Å². The van der Waals surface area contributed by atoms with E-state index in [-0.39, 0.29) is 23.3 Å². The van der Waals surface area contributed by atoms with Crippen LogP contribution in [0, 0.1) is 0 Å². The molecular formula is C11H10N4O3S. The van der Waals surface area contributed by atoms with Gasteiger partial charge in [-0.2, -0.15) is 0 Å². The van der Waals surface area contributed by atoms with Crippen molar-refractivity contribution in [3.63, 3.8) is 0 Å². The van der Waals surface area contributed by atoms with E-state index >= 15 is 0 Å². The van der Waals surface area contributed by atoms with Gasteiger partial charge in [-0.05, 0) is 13.0 Å². The Labute approximate surface area is 112 Å². The van der Waals surface area contributed by atoms with Crippen molar-refractivity contribution in [2.75, 3.05) is 11.9 Å². The molecule has 0 bridgehead atoms. The van der Waals surface area contributed by atoms with E-state index in [1.54, 1.807) is 13.0 Å². The first-order valence-electron chi connectivity index (χ1n) is 5.41. The summed E-state index contributed by atoms with van der Waals surface area (Å²) in [5, 5.41) is 4.09. The van der Waals surface area contributed by atoms with E-state index in [2.05, 4.69) is 20.3 Å². The summed E-state index contributed by atoms with van der Waals surface area (Å²) in [4.78, 5) is 34.8. The summed E-state index contributed by atoms with van der Waals surface area (Å²) < 4.78 is 4.79. The first-order valence-corrected chi connectivity index (χ1v) is 6.29. The van der Waals surface area contributed by atoms with Gasteiger partial charge in [0.15, 0.2) is 0 Å². The maximum atomic E-state index is 11.8. The van der Waals surface area contributed by atoms with E-state index in [1.165, 1.54) is 17.8 Å². The van der Waals surface area contributed by atoms with Gasteiger partial charge in [0.1, 0.15) is 5.69 Å². The molecule has 0 spiro atoms. The third-order valence-corrected chi connectivity index (χ3v) is 2.80. The highest BCUT2D eigenvalue weighted by molar-refractivity contribution is 7.11. The SMILES string of the molecule is CCOC(=O)c1nc(C(=O)Nc2ncccn2)cs1. The summed E-state index contributed by atoms with van der Waals surface area (Å²) in [6, 6.07) is 1.64. The molecule has 0 aliphatic heterocycles. The normalized spacial score (nSPS) is 9.95. The molecule has 2 aromatic rings. The summed E-state index contributed by atoms with van der Waals surface area (Å²) >= 11 is 1.05. The maximum absolute atomic E-state index is 11.8. The molecule has 0 atom stereocenters. The number of ether oxygens (including phenoxy) is 1. The average Bonchev–Trinajstić information content (AvgIpc) is 2.90. The number of hydrogen-bond acceptors (Lipinski definition) is 7. The Balaban J connectivity index is 2.06. The zero-order valence-electron chi connectivity index (χ0n) is 9.99. The average molecular weight is 278 g/mol. The van der Waals surface area contributed by atoms with Gasteiger partial charge < -0.3 is 4.74 Å². The summed E-state index contributed by atoms with van der Waals surface area (Å²) in [6.07, 6.45) is 3.02. The molecule has 0 aliphatic carbocycles. The third-order valence-electron chi connectivity index (χ3n) is 1.98. The fourth-order valence-electron chi connectivity index (χ4n) is 1.19. The number of nitrogens with zero attached hydrogens (tertiary/aromatic N) is 3. The fraction of sp³-hybridized carbons (Fsp3) is 0.182. The van der Waals surface area contributed by atoms with Crippen LogP contribution < -0.4 is 5.32 Å². The molecule has 8 heteroatoms. The highest BCUT2D eigenvalue weighted by Gasteiger charge is 2.16. The smallest absolute Gasteiger partial charge is 0.367 e. The number of anilines is 1. The lowest BCUT2D eigenvalue weighted by atomic mass is 10.4. The van der Waals surface area contributed by atoms with Crippen molar-refractivity contribution in [1.82, 2.24) is 15.0 Å². The van der Waals surface area contributed by atoms with Crippen molar-refractivity contribution in [1.29, 1.82) is 0 Å². The van der Waals surface area contributed by atoms with Crippen LogP contribution in [0.3, 0.4) is 0 Å². The highest BCUT2D eigenvalue weighted by Crippen LogP contribution is 2.12. The van der Waals surface area contributed by atoms with E-state index < -0.39 is 11.9 Å². The van der Waals surface area contributed by atoms with Crippen LogP contribution in [0.2, 0.25) is 0 Å². The number of carbonyl (C=O) groups excluding carboxylic acids is 2. The van der Waals surface area contributed by atoms with E-state index in [1.807, 2.05) is 0 Å². The summed E-state index contributed by atoms with van der Waals surface area (Å²) in [5.41, 5.74) is 0.125. The molecule has 2 heterocycles. The van der Waals surface area contributed by atoms with Crippen molar-refractivity contribution < 1.29 is 14.3 Å². The Kier molecular flexibility index (Phi) is 4.14. The molecule has 7 nitrogen and oxygen atoms in total. The molecule has 0 unspecified atom stereocenters. The van der Waals surface area contributed by atoms with Gasteiger partial charge >= 0.3 is 5.97 Å². The van der Waals surface area contributed by atoms with Crippen molar-refractivity contribution in [3.8, 4) is 0 Å². The van der Waals surface area contributed by atoms with Gasteiger partial charge in [-0.3, -0.25) is 10.1 Å². The zero-order chi connectivity index (χ0) is 13.7. The minimum atomic E-state index is -0.539. The summed E-state index contributed by atoms with van der Waals surface area (Å²) in [5.74, 6) is -0.835. The van der Waals surface area contributed by atoms with Crippen molar-refractivity contribution >= 4 is 29.2 Å². The molecule has 1 N–H and O–H groups in total. The minimum Gasteiger partial charge on any atom is -0.461 e. The van der Waals surface area contributed by atoms with Gasteiger partial charge in [0, 0.05) is 17.8 Å². The number of esters is 1. The Morgan fingerprint density at radius 2 is 2.11 bits per heavy atom. The first-order chi connectivity index (χ1) is 9.20. The highest BCUT2D eigenvalue weighted by atomic mass is 32.1. The van der Waals surface area contributed by atoms with E-state index in [4.69, 9.17) is 4.74 Å².